The van der Waals surface area contributed by atoms with Crippen molar-refractivity contribution in [1.82, 2.24) is 19.9 Å². The highest BCUT2D eigenvalue weighted by atomic mass is 32.2. The molecule has 0 aliphatic rings. The van der Waals surface area contributed by atoms with Gasteiger partial charge in [0.05, 0.1) is 15.9 Å². The Bertz CT molecular complexity index is 1410. The number of amides is 1. The van der Waals surface area contributed by atoms with Crippen LogP contribution in [0.5, 0.6) is 11.5 Å². The second-order valence-corrected chi connectivity index (χ2v) is 9.14. The number of nitrogens with one attached hydrogen (secondary N) is 2. The molecule has 4 rings (SSSR count). The third-order valence-corrected chi connectivity index (χ3v) is 5.95. The average molecular weight is 452 g/mol. The lowest BCUT2D eigenvalue weighted by atomic mass is 10.3. The van der Waals surface area contributed by atoms with Crippen LogP contribution >= 0.6 is 0 Å². The molecular weight excluding hydrogens is 430 g/mol. The van der Waals surface area contributed by atoms with Gasteiger partial charge in [-0.05, 0) is 42.5 Å². The fourth-order valence-electron chi connectivity index (χ4n) is 3.13. The third-order valence-electron chi connectivity index (χ3n) is 4.82. The summed E-state index contributed by atoms with van der Waals surface area (Å²) in [5.74, 6) is 1.35. The SMILES string of the molecule is CNC(=O)c1cc(Oc2ccc3c(c2)nc(Nc2ccc(S(C)(=O)=O)cc2)n3C)ccn1. The van der Waals surface area contributed by atoms with E-state index in [9.17, 15) is 13.2 Å². The van der Waals surface area contributed by atoms with Crippen LogP contribution in [0.15, 0.2) is 65.7 Å². The standard InChI is InChI=1S/C22H21N5O4S/c1-23-21(28)19-13-16(10-11-24-19)31-15-6-9-20-18(12-15)26-22(27(20)2)25-14-4-7-17(8-5-14)32(3,29)30/h4-13H,1-3H3,(H,23,28)(H,25,26). The quantitative estimate of drug-likeness (QED) is 0.462. The van der Waals surface area contributed by atoms with Crippen LogP contribution in [0.3, 0.4) is 0 Å². The maximum Gasteiger partial charge on any atom is 0.269 e. The lowest BCUT2D eigenvalue weighted by Crippen LogP contribution is -2.18. The van der Waals surface area contributed by atoms with E-state index in [-0.39, 0.29) is 16.5 Å². The Balaban J connectivity index is 1.58. The van der Waals surface area contributed by atoms with E-state index in [0.717, 1.165) is 5.52 Å². The van der Waals surface area contributed by atoms with Crippen molar-refractivity contribution < 1.29 is 17.9 Å². The number of hydrogen-bond donors (Lipinski definition) is 2. The number of fused-ring (bicyclic) bond motifs is 1. The van der Waals surface area contributed by atoms with Gasteiger partial charge in [0.2, 0.25) is 5.95 Å². The summed E-state index contributed by atoms with van der Waals surface area (Å²) in [7, 11) is 0.167. The summed E-state index contributed by atoms with van der Waals surface area (Å²) in [5.41, 5.74) is 2.57. The van der Waals surface area contributed by atoms with Crippen LogP contribution in [-0.2, 0) is 16.9 Å². The Morgan fingerprint density at radius 3 is 2.44 bits per heavy atom. The summed E-state index contributed by atoms with van der Waals surface area (Å²) in [4.78, 5) is 20.7. The van der Waals surface area contributed by atoms with Crippen LogP contribution in [0.1, 0.15) is 10.5 Å². The molecule has 164 valence electrons. The highest BCUT2D eigenvalue weighted by molar-refractivity contribution is 7.90. The highest BCUT2D eigenvalue weighted by Gasteiger charge is 2.12. The number of aryl methyl sites for hydroxylation is 1. The van der Waals surface area contributed by atoms with Crippen LogP contribution < -0.4 is 15.4 Å². The Kier molecular flexibility index (Phi) is 5.54. The second kappa shape index (κ2) is 8.31. The van der Waals surface area contributed by atoms with Gasteiger partial charge in [-0.3, -0.25) is 9.78 Å². The summed E-state index contributed by atoms with van der Waals surface area (Å²) in [6, 6.07) is 15.2. The molecule has 0 spiro atoms. The van der Waals surface area contributed by atoms with Crippen molar-refractivity contribution in [1.29, 1.82) is 0 Å². The molecule has 0 unspecified atom stereocenters. The van der Waals surface area contributed by atoms with E-state index < -0.39 is 9.84 Å². The number of imidazole rings is 1. The normalized spacial score (nSPS) is 11.3. The molecule has 0 radical (unpaired) electrons. The van der Waals surface area contributed by atoms with Crippen molar-refractivity contribution in [2.45, 2.75) is 4.90 Å². The van der Waals surface area contributed by atoms with Crippen molar-refractivity contribution in [3.8, 4) is 11.5 Å². The second-order valence-electron chi connectivity index (χ2n) is 7.12. The number of benzene rings is 2. The highest BCUT2D eigenvalue weighted by Crippen LogP contribution is 2.28. The number of pyridine rings is 1. The minimum atomic E-state index is -3.25. The first-order valence-corrected chi connectivity index (χ1v) is 11.5. The topological polar surface area (TPSA) is 115 Å². The van der Waals surface area contributed by atoms with Crippen LogP contribution in [0.4, 0.5) is 11.6 Å². The van der Waals surface area contributed by atoms with Crippen molar-refractivity contribution in [3.05, 3.63) is 66.5 Å². The van der Waals surface area contributed by atoms with Crippen LogP contribution in [0.25, 0.3) is 11.0 Å². The molecule has 4 aromatic rings. The molecule has 0 saturated heterocycles. The number of carbonyl (C=O) groups is 1. The molecule has 0 aliphatic heterocycles. The summed E-state index contributed by atoms with van der Waals surface area (Å²) in [6.45, 7) is 0. The molecule has 2 N–H and O–H groups in total. The molecule has 0 atom stereocenters. The Morgan fingerprint density at radius 2 is 1.75 bits per heavy atom. The lowest BCUT2D eigenvalue weighted by Gasteiger charge is -2.07. The molecule has 0 bridgehead atoms. The largest absolute Gasteiger partial charge is 0.457 e. The number of aromatic nitrogens is 3. The van der Waals surface area contributed by atoms with E-state index >= 15 is 0 Å². The number of sulfone groups is 1. The van der Waals surface area contributed by atoms with Crippen molar-refractivity contribution >= 4 is 38.4 Å². The zero-order chi connectivity index (χ0) is 22.9. The van der Waals surface area contributed by atoms with Gasteiger partial charge in [-0.1, -0.05) is 0 Å². The predicted octanol–water partition coefficient (Wildman–Crippen LogP) is 3.27. The van der Waals surface area contributed by atoms with E-state index in [1.807, 2.05) is 23.7 Å². The van der Waals surface area contributed by atoms with E-state index in [1.165, 1.54) is 19.5 Å². The third kappa shape index (κ3) is 4.40. The van der Waals surface area contributed by atoms with Crippen LogP contribution in [-0.4, -0.2) is 42.2 Å². The average Bonchev–Trinajstić information content (AvgIpc) is 3.07. The van der Waals surface area contributed by atoms with Crippen LogP contribution in [0, 0.1) is 0 Å². The van der Waals surface area contributed by atoms with Gasteiger partial charge in [-0.25, -0.2) is 13.4 Å². The number of rotatable bonds is 6. The fourth-order valence-corrected chi connectivity index (χ4v) is 3.76. The zero-order valence-corrected chi connectivity index (χ0v) is 18.5. The van der Waals surface area contributed by atoms with Gasteiger partial charge < -0.3 is 19.9 Å². The smallest absolute Gasteiger partial charge is 0.269 e. The van der Waals surface area contributed by atoms with Crippen molar-refractivity contribution in [2.24, 2.45) is 7.05 Å². The number of carbonyl (C=O) groups excluding carboxylic acids is 1. The molecule has 1 amide bonds. The first kappa shape index (κ1) is 21.3. The molecule has 9 nitrogen and oxygen atoms in total. The summed E-state index contributed by atoms with van der Waals surface area (Å²) < 4.78 is 31.0. The maximum absolute atomic E-state index is 11.8. The van der Waals surface area contributed by atoms with Crippen LogP contribution in [0.2, 0.25) is 0 Å². The van der Waals surface area contributed by atoms with Gasteiger partial charge in [-0.2, -0.15) is 0 Å². The van der Waals surface area contributed by atoms with E-state index in [2.05, 4.69) is 20.6 Å². The molecule has 10 heteroatoms. The molecule has 2 heterocycles. The first-order valence-electron chi connectivity index (χ1n) is 9.64. The van der Waals surface area contributed by atoms with E-state index in [4.69, 9.17) is 4.74 Å². The van der Waals surface area contributed by atoms with Crippen molar-refractivity contribution in [2.75, 3.05) is 18.6 Å². The van der Waals surface area contributed by atoms with E-state index in [0.29, 0.717) is 28.7 Å². The minimum Gasteiger partial charge on any atom is -0.457 e. The molecule has 0 saturated carbocycles. The van der Waals surface area contributed by atoms with E-state index in [1.54, 1.807) is 42.5 Å². The molecule has 0 fully saturated rings. The first-order chi connectivity index (χ1) is 15.2. The number of nitrogens with zero attached hydrogens (tertiary/aromatic N) is 3. The molecule has 32 heavy (non-hydrogen) atoms. The van der Waals surface area contributed by atoms with Gasteiger partial charge in [0.15, 0.2) is 9.84 Å². The summed E-state index contributed by atoms with van der Waals surface area (Å²) >= 11 is 0. The molecular formula is C22H21N5O4S. The fraction of sp³-hybridized carbons (Fsp3) is 0.136. The predicted molar refractivity (Wildman–Crippen MR) is 121 cm³/mol. The number of anilines is 2. The summed E-state index contributed by atoms with van der Waals surface area (Å²) in [5, 5.41) is 5.73. The number of hydrogen-bond acceptors (Lipinski definition) is 7. The summed E-state index contributed by atoms with van der Waals surface area (Å²) in [6.07, 6.45) is 2.68. The zero-order valence-electron chi connectivity index (χ0n) is 17.7. The van der Waals surface area contributed by atoms with Crippen molar-refractivity contribution in [3.63, 3.8) is 0 Å². The lowest BCUT2D eigenvalue weighted by molar-refractivity contribution is 0.0958. The monoisotopic (exact) mass is 451 g/mol. The Morgan fingerprint density at radius 1 is 1.03 bits per heavy atom. The Labute approximate surface area is 185 Å². The molecule has 2 aromatic carbocycles. The number of ether oxygens (including phenoxy) is 1. The Hall–Kier alpha value is -3.92. The maximum atomic E-state index is 11.8. The minimum absolute atomic E-state index is 0.255. The molecule has 2 aromatic heterocycles. The van der Waals surface area contributed by atoms with Gasteiger partial charge in [0.1, 0.15) is 17.2 Å². The molecule has 0 aliphatic carbocycles. The van der Waals surface area contributed by atoms with Gasteiger partial charge >= 0.3 is 0 Å². The van der Waals surface area contributed by atoms with Gasteiger partial charge in [0.25, 0.3) is 5.91 Å². The van der Waals surface area contributed by atoms with Gasteiger partial charge in [0, 0.05) is 44.4 Å². The van der Waals surface area contributed by atoms with Gasteiger partial charge in [-0.15, -0.1) is 0 Å².